The third-order valence-electron chi connectivity index (χ3n) is 3.05. The van der Waals surface area contributed by atoms with E-state index >= 15 is 0 Å². The molecular formula is C13H14O2. The summed E-state index contributed by atoms with van der Waals surface area (Å²) in [5.41, 5.74) is 1.58. The molecule has 1 aliphatic carbocycles. The summed E-state index contributed by atoms with van der Waals surface area (Å²) < 4.78 is 0. The highest BCUT2D eigenvalue weighted by atomic mass is 16.1. The van der Waals surface area contributed by atoms with Gasteiger partial charge in [-0.1, -0.05) is 30.7 Å². The third-order valence-corrected chi connectivity index (χ3v) is 3.05. The van der Waals surface area contributed by atoms with Gasteiger partial charge in [-0.15, -0.1) is 0 Å². The minimum absolute atomic E-state index is 0.0415. The Bertz CT molecular complexity index is 382. The van der Waals surface area contributed by atoms with Crippen molar-refractivity contribution in [1.29, 1.82) is 0 Å². The second-order valence-electron chi connectivity index (χ2n) is 4.01. The topological polar surface area (TPSA) is 34.1 Å². The van der Waals surface area contributed by atoms with Gasteiger partial charge in [-0.3, -0.25) is 9.59 Å². The smallest absolute Gasteiger partial charge is 0.150 e. The zero-order valence-corrected chi connectivity index (χ0v) is 8.61. The van der Waals surface area contributed by atoms with Crippen LogP contribution >= 0.6 is 0 Å². The lowest BCUT2D eigenvalue weighted by molar-refractivity contribution is -0.121. The molecule has 0 bridgehead atoms. The number of Topliss-reactive ketones (excluding diaryl/α,β-unsaturated/α-hetero) is 1. The molecule has 1 aliphatic rings. The van der Waals surface area contributed by atoms with Crippen molar-refractivity contribution in [2.24, 2.45) is 0 Å². The minimum Gasteiger partial charge on any atom is -0.299 e. The largest absolute Gasteiger partial charge is 0.299 e. The molecule has 0 aromatic heterocycles. The Balaban J connectivity index is 2.34. The number of benzene rings is 1. The lowest BCUT2D eigenvalue weighted by Crippen LogP contribution is -2.18. The summed E-state index contributed by atoms with van der Waals surface area (Å²) in [7, 11) is 0. The van der Waals surface area contributed by atoms with E-state index in [1.54, 1.807) is 6.07 Å². The first-order chi connectivity index (χ1) is 7.33. The molecule has 1 unspecified atom stereocenters. The normalized spacial score (nSPS) is 21.3. The SMILES string of the molecule is O=Cc1ccccc1C1CCCCC1=O. The van der Waals surface area contributed by atoms with E-state index in [1.807, 2.05) is 18.2 Å². The second kappa shape index (κ2) is 4.39. The summed E-state index contributed by atoms with van der Waals surface area (Å²) in [6, 6.07) is 7.41. The maximum atomic E-state index is 11.7. The highest BCUT2D eigenvalue weighted by Crippen LogP contribution is 2.31. The predicted octanol–water partition coefficient (Wildman–Crippen LogP) is 2.73. The average Bonchev–Trinajstić information content (AvgIpc) is 2.30. The molecule has 2 nitrogen and oxygen atoms in total. The maximum Gasteiger partial charge on any atom is 0.150 e. The van der Waals surface area contributed by atoms with E-state index in [2.05, 4.69) is 0 Å². The number of hydrogen-bond donors (Lipinski definition) is 0. The highest BCUT2D eigenvalue weighted by Gasteiger charge is 2.25. The third kappa shape index (κ3) is 1.99. The van der Waals surface area contributed by atoms with Gasteiger partial charge in [-0.2, -0.15) is 0 Å². The van der Waals surface area contributed by atoms with E-state index < -0.39 is 0 Å². The molecule has 1 aromatic rings. The molecule has 0 saturated heterocycles. The van der Waals surface area contributed by atoms with Crippen molar-refractivity contribution in [3.05, 3.63) is 35.4 Å². The van der Waals surface area contributed by atoms with Crippen LogP contribution in [0, 0.1) is 0 Å². The molecular weight excluding hydrogens is 188 g/mol. The van der Waals surface area contributed by atoms with E-state index in [-0.39, 0.29) is 11.7 Å². The molecule has 2 heteroatoms. The van der Waals surface area contributed by atoms with Crippen molar-refractivity contribution in [2.45, 2.75) is 31.6 Å². The van der Waals surface area contributed by atoms with E-state index in [4.69, 9.17) is 0 Å². The fraction of sp³-hybridized carbons (Fsp3) is 0.385. The Morgan fingerprint density at radius 3 is 2.73 bits per heavy atom. The van der Waals surface area contributed by atoms with Gasteiger partial charge in [0, 0.05) is 17.9 Å². The molecule has 1 atom stereocenters. The number of carbonyl (C=O) groups excluding carboxylic acids is 2. The zero-order chi connectivity index (χ0) is 10.7. The molecule has 0 radical (unpaired) electrons. The van der Waals surface area contributed by atoms with E-state index in [0.29, 0.717) is 12.0 Å². The molecule has 0 N–H and O–H groups in total. The van der Waals surface area contributed by atoms with Crippen molar-refractivity contribution >= 4 is 12.1 Å². The van der Waals surface area contributed by atoms with Crippen molar-refractivity contribution in [3.63, 3.8) is 0 Å². The van der Waals surface area contributed by atoms with Gasteiger partial charge in [-0.05, 0) is 18.4 Å². The van der Waals surface area contributed by atoms with E-state index in [9.17, 15) is 9.59 Å². The highest BCUT2D eigenvalue weighted by molar-refractivity contribution is 5.89. The number of rotatable bonds is 2. The van der Waals surface area contributed by atoms with Crippen LogP contribution in [0.1, 0.15) is 47.5 Å². The second-order valence-corrected chi connectivity index (χ2v) is 4.01. The lowest BCUT2D eigenvalue weighted by atomic mass is 9.81. The molecule has 0 amide bonds. The summed E-state index contributed by atoms with van der Waals surface area (Å²) >= 11 is 0. The number of ketones is 1. The van der Waals surface area contributed by atoms with Crippen LogP contribution in [-0.4, -0.2) is 12.1 Å². The Hall–Kier alpha value is -1.44. The maximum absolute atomic E-state index is 11.7. The number of carbonyl (C=O) groups is 2. The summed E-state index contributed by atoms with van der Waals surface area (Å²) in [4.78, 5) is 22.6. The van der Waals surface area contributed by atoms with Crippen molar-refractivity contribution in [3.8, 4) is 0 Å². The number of hydrogen-bond acceptors (Lipinski definition) is 2. The Kier molecular flexibility index (Phi) is 2.95. The predicted molar refractivity (Wildman–Crippen MR) is 58.0 cm³/mol. The first-order valence-corrected chi connectivity index (χ1v) is 5.40. The standard InChI is InChI=1S/C13H14O2/c14-9-10-5-1-2-6-11(10)12-7-3-4-8-13(12)15/h1-2,5-6,9,12H,3-4,7-8H2. The van der Waals surface area contributed by atoms with Crippen LogP contribution in [0.2, 0.25) is 0 Å². The van der Waals surface area contributed by atoms with Crippen molar-refractivity contribution < 1.29 is 9.59 Å². The van der Waals surface area contributed by atoms with E-state index in [0.717, 1.165) is 31.1 Å². The van der Waals surface area contributed by atoms with Gasteiger partial charge >= 0.3 is 0 Å². The fourth-order valence-corrected chi connectivity index (χ4v) is 2.25. The van der Waals surface area contributed by atoms with Crippen LogP contribution in [0.4, 0.5) is 0 Å². The van der Waals surface area contributed by atoms with Gasteiger partial charge in [0.25, 0.3) is 0 Å². The molecule has 2 rings (SSSR count). The van der Waals surface area contributed by atoms with Gasteiger partial charge in [0.15, 0.2) is 0 Å². The van der Waals surface area contributed by atoms with Crippen LogP contribution in [0.3, 0.4) is 0 Å². The summed E-state index contributed by atoms with van der Waals surface area (Å²) in [5, 5.41) is 0. The lowest BCUT2D eigenvalue weighted by Gasteiger charge is -2.21. The molecule has 1 saturated carbocycles. The van der Waals surface area contributed by atoms with Gasteiger partial charge in [-0.25, -0.2) is 0 Å². The molecule has 0 aliphatic heterocycles. The number of aldehydes is 1. The summed E-state index contributed by atoms with van der Waals surface area (Å²) in [6.45, 7) is 0. The molecule has 15 heavy (non-hydrogen) atoms. The molecule has 0 spiro atoms. The van der Waals surface area contributed by atoms with Crippen LogP contribution in [0.15, 0.2) is 24.3 Å². The molecule has 1 fully saturated rings. The van der Waals surface area contributed by atoms with Crippen LogP contribution in [0.25, 0.3) is 0 Å². The van der Waals surface area contributed by atoms with Crippen LogP contribution in [-0.2, 0) is 4.79 Å². The van der Waals surface area contributed by atoms with Crippen LogP contribution < -0.4 is 0 Å². The van der Waals surface area contributed by atoms with Crippen molar-refractivity contribution in [1.82, 2.24) is 0 Å². The fourth-order valence-electron chi connectivity index (χ4n) is 2.25. The van der Waals surface area contributed by atoms with Gasteiger partial charge in [0.05, 0.1) is 0 Å². The Morgan fingerprint density at radius 1 is 1.20 bits per heavy atom. The minimum atomic E-state index is -0.0415. The van der Waals surface area contributed by atoms with Gasteiger partial charge in [0.1, 0.15) is 12.1 Å². The monoisotopic (exact) mass is 202 g/mol. The quantitative estimate of drug-likeness (QED) is 0.691. The first kappa shape index (κ1) is 10.1. The Morgan fingerprint density at radius 2 is 2.00 bits per heavy atom. The molecule has 0 heterocycles. The summed E-state index contributed by atoms with van der Waals surface area (Å²) in [5.74, 6) is 0.246. The van der Waals surface area contributed by atoms with Crippen molar-refractivity contribution in [2.75, 3.05) is 0 Å². The first-order valence-electron chi connectivity index (χ1n) is 5.40. The summed E-state index contributed by atoms with van der Waals surface area (Å²) in [6.07, 6.45) is 4.49. The van der Waals surface area contributed by atoms with E-state index in [1.165, 1.54) is 0 Å². The van der Waals surface area contributed by atoms with Gasteiger partial charge < -0.3 is 0 Å². The molecule has 1 aromatic carbocycles. The zero-order valence-electron chi connectivity index (χ0n) is 8.61. The van der Waals surface area contributed by atoms with Gasteiger partial charge in [0.2, 0.25) is 0 Å². The molecule has 78 valence electrons. The Labute approximate surface area is 89.3 Å². The van der Waals surface area contributed by atoms with Crippen LogP contribution in [0.5, 0.6) is 0 Å². The average molecular weight is 202 g/mol.